The van der Waals surface area contributed by atoms with Crippen LogP contribution in [-0.4, -0.2) is 17.0 Å². The lowest BCUT2D eigenvalue weighted by atomic mass is 10.1. The molecule has 0 fully saturated rings. The maximum absolute atomic E-state index is 11.8. The lowest BCUT2D eigenvalue weighted by molar-refractivity contribution is -0.111. The minimum absolute atomic E-state index is 0.0571. The molecule has 0 saturated carbocycles. The summed E-state index contributed by atoms with van der Waals surface area (Å²) < 4.78 is 0.918. The van der Waals surface area contributed by atoms with E-state index in [4.69, 9.17) is 5.11 Å². The van der Waals surface area contributed by atoms with E-state index in [9.17, 15) is 9.59 Å². The van der Waals surface area contributed by atoms with Gasteiger partial charge in [-0.1, -0.05) is 40.2 Å². The summed E-state index contributed by atoms with van der Waals surface area (Å²) >= 11 is 3.35. The van der Waals surface area contributed by atoms with Crippen molar-refractivity contribution in [2.45, 2.75) is 0 Å². The molecule has 0 saturated heterocycles. The Labute approximate surface area is 130 Å². The molecule has 0 atom stereocenters. The molecule has 21 heavy (non-hydrogen) atoms. The van der Waals surface area contributed by atoms with Gasteiger partial charge in [0.1, 0.15) is 0 Å². The SMILES string of the molecule is O=C(C=Cc1cccc(Br)c1)Nc1ccccc1C(=O)O. The number of aromatic carboxylic acids is 1. The van der Waals surface area contributed by atoms with E-state index in [-0.39, 0.29) is 17.2 Å². The van der Waals surface area contributed by atoms with Gasteiger partial charge in [-0.15, -0.1) is 0 Å². The van der Waals surface area contributed by atoms with E-state index in [1.165, 1.54) is 12.1 Å². The molecule has 0 aliphatic heterocycles. The number of para-hydroxylation sites is 1. The van der Waals surface area contributed by atoms with Gasteiger partial charge in [-0.3, -0.25) is 4.79 Å². The summed E-state index contributed by atoms with van der Waals surface area (Å²) in [5.41, 5.74) is 1.20. The second-order valence-electron chi connectivity index (χ2n) is 4.23. The molecule has 2 rings (SSSR count). The summed E-state index contributed by atoms with van der Waals surface area (Å²) in [5, 5.41) is 11.6. The fourth-order valence-corrected chi connectivity index (χ4v) is 2.15. The zero-order valence-corrected chi connectivity index (χ0v) is 12.5. The first kappa shape index (κ1) is 15.0. The quantitative estimate of drug-likeness (QED) is 0.828. The molecule has 0 heterocycles. The van der Waals surface area contributed by atoms with E-state index in [2.05, 4.69) is 21.2 Å². The Balaban J connectivity index is 2.10. The van der Waals surface area contributed by atoms with Crippen LogP contribution in [0.15, 0.2) is 59.1 Å². The fourth-order valence-electron chi connectivity index (χ4n) is 1.74. The highest BCUT2D eigenvalue weighted by Crippen LogP contribution is 2.15. The van der Waals surface area contributed by atoms with E-state index in [0.29, 0.717) is 0 Å². The van der Waals surface area contributed by atoms with Gasteiger partial charge >= 0.3 is 5.97 Å². The molecule has 0 spiro atoms. The molecule has 106 valence electrons. The zero-order valence-electron chi connectivity index (χ0n) is 10.9. The van der Waals surface area contributed by atoms with Gasteiger partial charge < -0.3 is 10.4 Å². The van der Waals surface area contributed by atoms with Crippen LogP contribution in [0.4, 0.5) is 5.69 Å². The molecule has 2 aromatic carbocycles. The molecule has 2 aromatic rings. The van der Waals surface area contributed by atoms with Gasteiger partial charge in [0, 0.05) is 10.5 Å². The third-order valence-electron chi connectivity index (χ3n) is 2.69. The van der Waals surface area contributed by atoms with Crippen molar-refractivity contribution in [1.29, 1.82) is 0 Å². The minimum Gasteiger partial charge on any atom is -0.478 e. The van der Waals surface area contributed by atoms with Gasteiger partial charge in [0.25, 0.3) is 0 Å². The Kier molecular flexibility index (Phi) is 4.90. The summed E-state index contributed by atoms with van der Waals surface area (Å²) in [6, 6.07) is 13.7. The second-order valence-corrected chi connectivity index (χ2v) is 5.14. The molecule has 0 bridgehead atoms. The number of nitrogens with one attached hydrogen (secondary N) is 1. The number of hydrogen-bond donors (Lipinski definition) is 2. The Morgan fingerprint density at radius 2 is 1.86 bits per heavy atom. The molecule has 0 unspecified atom stereocenters. The molecular formula is C16H12BrNO3. The lowest BCUT2D eigenvalue weighted by Crippen LogP contribution is -2.11. The van der Waals surface area contributed by atoms with Crippen LogP contribution in [0.25, 0.3) is 6.08 Å². The van der Waals surface area contributed by atoms with Gasteiger partial charge in [0.2, 0.25) is 5.91 Å². The number of amides is 1. The van der Waals surface area contributed by atoms with E-state index in [0.717, 1.165) is 10.0 Å². The van der Waals surface area contributed by atoms with Crippen LogP contribution in [0.2, 0.25) is 0 Å². The van der Waals surface area contributed by atoms with E-state index < -0.39 is 5.97 Å². The maximum atomic E-state index is 11.8. The molecule has 0 aliphatic rings. The summed E-state index contributed by atoms with van der Waals surface area (Å²) in [4.78, 5) is 22.9. The third-order valence-corrected chi connectivity index (χ3v) is 3.18. The largest absolute Gasteiger partial charge is 0.478 e. The Bertz CT molecular complexity index is 710. The van der Waals surface area contributed by atoms with Crippen molar-refractivity contribution < 1.29 is 14.7 Å². The predicted molar refractivity (Wildman–Crippen MR) is 85.2 cm³/mol. The highest BCUT2D eigenvalue weighted by molar-refractivity contribution is 9.10. The van der Waals surface area contributed by atoms with Gasteiger partial charge in [-0.05, 0) is 35.9 Å². The number of carbonyl (C=O) groups is 2. The van der Waals surface area contributed by atoms with Crippen LogP contribution in [0.1, 0.15) is 15.9 Å². The smallest absolute Gasteiger partial charge is 0.337 e. The molecule has 0 radical (unpaired) electrons. The zero-order chi connectivity index (χ0) is 15.2. The van der Waals surface area contributed by atoms with Gasteiger partial charge in [-0.2, -0.15) is 0 Å². The topological polar surface area (TPSA) is 66.4 Å². The Hall–Kier alpha value is -2.40. The molecule has 2 N–H and O–H groups in total. The predicted octanol–water partition coefficient (Wildman–Crippen LogP) is 3.80. The average molecular weight is 346 g/mol. The fraction of sp³-hybridized carbons (Fsp3) is 0. The lowest BCUT2D eigenvalue weighted by Gasteiger charge is -2.05. The van der Waals surface area contributed by atoms with Crippen molar-refractivity contribution in [2.75, 3.05) is 5.32 Å². The second kappa shape index (κ2) is 6.85. The van der Waals surface area contributed by atoms with E-state index in [1.54, 1.807) is 24.3 Å². The van der Waals surface area contributed by atoms with Crippen molar-refractivity contribution in [3.8, 4) is 0 Å². The summed E-state index contributed by atoms with van der Waals surface area (Å²) in [6.45, 7) is 0. The van der Waals surface area contributed by atoms with Crippen molar-refractivity contribution in [3.63, 3.8) is 0 Å². The molecule has 1 amide bonds. The molecule has 0 aliphatic carbocycles. The van der Waals surface area contributed by atoms with E-state index in [1.807, 2.05) is 24.3 Å². The molecular weight excluding hydrogens is 334 g/mol. The van der Waals surface area contributed by atoms with Gasteiger partial charge in [0.15, 0.2) is 0 Å². The summed E-state index contributed by atoms with van der Waals surface area (Å²) in [6.07, 6.45) is 3.02. The molecule has 0 aromatic heterocycles. The first-order valence-electron chi connectivity index (χ1n) is 6.13. The van der Waals surface area contributed by atoms with E-state index >= 15 is 0 Å². The first-order chi connectivity index (χ1) is 10.1. The number of carboxylic acids is 1. The number of carboxylic acid groups (broad SMARTS) is 1. The van der Waals surface area contributed by atoms with Gasteiger partial charge in [0.05, 0.1) is 11.3 Å². The highest BCUT2D eigenvalue weighted by Gasteiger charge is 2.09. The van der Waals surface area contributed by atoms with Crippen LogP contribution >= 0.6 is 15.9 Å². The van der Waals surface area contributed by atoms with Crippen LogP contribution in [-0.2, 0) is 4.79 Å². The van der Waals surface area contributed by atoms with Crippen LogP contribution < -0.4 is 5.32 Å². The Morgan fingerprint density at radius 1 is 1.10 bits per heavy atom. The Morgan fingerprint density at radius 3 is 2.57 bits per heavy atom. The average Bonchev–Trinajstić information content (AvgIpc) is 2.45. The molecule has 4 nitrogen and oxygen atoms in total. The third kappa shape index (κ3) is 4.29. The summed E-state index contributed by atoms with van der Waals surface area (Å²) in [7, 11) is 0. The van der Waals surface area contributed by atoms with Crippen molar-refractivity contribution in [3.05, 3.63) is 70.2 Å². The number of halogens is 1. The van der Waals surface area contributed by atoms with Crippen molar-refractivity contribution >= 4 is 39.6 Å². The highest BCUT2D eigenvalue weighted by atomic mass is 79.9. The van der Waals surface area contributed by atoms with Crippen molar-refractivity contribution in [2.24, 2.45) is 0 Å². The number of anilines is 1. The van der Waals surface area contributed by atoms with Gasteiger partial charge in [-0.25, -0.2) is 4.79 Å². The normalized spacial score (nSPS) is 10.5. The summed E-state index contributed by atoms with van der Waals surface area (Å²) in [5.74, 6) is -1.47. The standard InChI is InChI=1S/C16H12BrNO3/c17-12-5-3-4-11(10-12)8-9-15(19)18-14-7-2-1-6-13(14)16(20)21/h1-10H,(H,18,19)(H,20,21). The number of benzene rings is 2. The number of hydrogen-bond acceptors (Lipinski definition) is 2. The van der Waals surface area contributed by atoms with Crippen molar-refractivity contribution in [1.82, 2.24) is 0 Å². The monoisotopic (exact) mass is 345 g/mol. The first-order valence-corrected chi connectivity index (χ1v) is 6.92. The van der Waals surface area contributed by atoms with Crippen LogP contribution in [0, 0.1) is 0 Å². The molecule has 5 heteroatoms. The van der Waals surface area contributed by atoms with Crippen LogP contribution in [0.5, 0.6) is 0 Å². The maximum Gasteiger partial charge on any atom is 0.337 e. The number of carbonyl (C=O) groups excluding carboxylic acids is 1. The van der Waals surface area contributed by atoms with Crippen LogP contribution in [0.3, 0.4) is 0 Å². The number of rotatable bonds is 4. The minimum atomic E-state index is -1.08.